The third-order valence-corrected chi connectivity index (χ3v) is 3.65. The topological polar surface area (TPSA) is 59.8 Å². The molecule has 0 aromatic carbocycles. The van der Waals surface area contributed by atoms with Gasteiger partial charge in [-0.3, -0.25) is 4.79 Å². The van der Waals surface area contributed by atoms with Crippen molar-refractivity contribution in [2.75, 3.05) is 0 Å². The minimum atomic E-state index is -0.132. The van der Waals surface area contributed by atoms with Gasteiger partial charge in [-0.15, -0.1) is 11.3 Å². The van der Waals surface area contributed by atoms with E-state index in [2.05, 4.69) is 15.3 Å². The molecule has 0 fully saturated rings. The summed E-state index contributed by atoms with van der Waals surface area (Å²) in [6, 6.07) is -0.0997. The molecule has 0 spiro atoms. The normalized spacial score (nSPS) is 12.4. The Morgan fingerprint density at radius 3 is 2.72 bits per heavy atom. The summed E-state index contributed by atoms with van der Waals surface area (Å²) in [7, 11) is 1.80. The van der Waals surface area contributed by atoms with Gasteiger partial charge in [0.2, 0.25) is 0 Å². The Morgan fingerprint density at radius 2 is 2.22 bits per heavy atom. The molecule has 0 saturated carbocycles. The number of carbonyl (C=O) groups is 1. The van der Waals surface area contributed by atoms with Crippen molar-refractivity contribution in [2.45, 2.75) is 26.8 Å². The van der Waals surface area contributed by atoms with E-state index in [0.717, 1.165) is 15.6 Å². The maximum atomic E-state index is 12.0. The van der Waals surface area contributed by atoms with Crippen LogP contribution >= 0.6 is 11.3 Å². The lowest BCUT2D eigenvalue weighted by atomic mass is 10.2. The molecular formula is C12H16N4OS. The van der Waals surface area contributed by atoms with Crippen molar-refractivity contribution >= 4 is 17.2 Å². The minimum Gasteiger partial charge on any atom is -0.343 e. The van der Waals surface area contributed by atoms with E-state index in [-0.39, 0.29) is 11.9 Å². The summed E-state index contributed by atoms with van der Waals surface area (Å²) in [6.45, 7) is 5.93. The molecule has 2 rings (SSSR count). The summed E-state index contributed by atoms with van der Waals surface area (Å²) in [5.41, 5.74) is 1.49. The van der Waals surface area contributed by atoms with Gasteiger partial charge in [-0.25, -0.2) is 9.97 Å². The van der Waals surface area contributed by atoms with Crippen LogP contribution in [0.1, 0.15) is 39.0 Å². The number of aromatic nitrogens is 3. The highest BCUT2D eigenvalue weighted by atomic mass is 32.1. The zero-order chi connectivity index (χ0) is 13.3. The lowest BCUT2D eigenvalue weighted by molar-refractivity contribution is 0.0931. The first-order valence-electron chi connectivity index (χ1n) is 5.70. The van der Waals surface area contributed by atoms with Gasteiger partial charge in [0.25, 0.3) is 5.91 Å². The Balaban J connectivity index is 2.13. The molecule has 0 radical (unpaired) electrons. The zero-order valence-corrected chi connectivity index (χ0v) is 11.7. The minimum absolute atomic E-state index is 0.0997. The molecule has 96 valence electrons. The molecule has 0 aliphatic heterocycles. The van der Waals surface area contributed by atoms with Crippen LogP contribution < -0.4 is 5.32 Å². The molecule has 6 heteroatoms. The average Bonchev–Trinajstić information content (AvgIpc) is 2.84. The van der Waals surface area contributed by atoms with Crippen LogP contribution in [-0.4, -0.2) is 20.4 Å². The van der Waals surface area contributed by atoms with Gasteiger partial charge in [0.15, 0.2) is 0 Å². The molecular weight excluding hydrogens is 248 g/mol. The predicted molar refractivity (Wildman–Crippen MR) is 70.7 cm³/mol. The Morgan fingerprint density at radius 1 is 1.50 bits per heavy atom. The monoisotopic (exact) mass is 264 g/mol. The second-order valence-corrected chi connectivity index (χ2v) is 5.67. The van der Waals surface area contributed by atoms with Crippen LogP contribution in [0.25, 0.3) is 0 Å². The first-order valence-corrected chi connectivity index (χ1v) is 6.51. The van der Waals surface area contributed by atoms with Crippen molar-refractivity contribution < 1.29 is 4.79 Å². The standard InChI is InChI=1S/C12H16N4OS/c1-7(11-8(2)18-9(3)15-11)14-12(17)10-5-13-6-16(10)4/h5-7H,1-4H3,(H,14,17). The molecule has 2 aromatic rings. The number of aryl methyl sites for hydroxylation is 3. The summed E-state index contributed by atoms with van der Waals surface area (Å²) in [6.07, 6.45) is 3.17. The van der Waals surface area contributed by atoms with E-state index in [9.17, 15) is 4.79 Å². The number of carbonyl (C=O) groups excluding carboxylic acids is 1. The number of hydrogen-bond acceptors (Lipinski definition) is 4. The quantitative estimate of drug-likeness (QED) is 0.922. The van der Waals surface area contributed by atoms with Crippen molar-refractivity contribution in [1.29, 1.82) is 0 Å². The number of rotatable bonds is 3. The fourth-order valence-corrected chi connectivity index (χ4v) is 2.78. The van der Waals surface area contributed by atoms with E-state index in [1.807, 2.05) is 20.8 Å². The van der Waals surface area contributed by atoms with Crippen LogP contribution in [0.15, 0.2) is 12.5 Å². The van der Waals surface area contributed by atoms with Crippen LogP contribution in [0.3, 0.4) is 0 Å². The number of amides is 1. The van der Waals surface area contributed by atoms with E-state index in [1.54, 1.807) is 35.5 Å². The van der Waals surface area contributed by atoms with Gasteiger partial charge in [0.05, 0.1) is 29.3 Å². The molecule has 1 unspecified atom stereocenters. The van der Waals surface area contributed by atoms with E-state index in [1.165, 1.54) is 0 Å². The van der Waals surface area contributed by atoms with Gasteiger partial charge < -0.3 is 9.88 Å². The fourth-order valence-electron chi connectivity index (χ4n) is 1.86. The SMILES string of the molecule is Cc1nc(C(C)NC(=O)c2cncn2C)c(C)s1. The van der Waals surface area contributed by atoms with Crippen molar-refractivity contribution in [3.8, 4) is 0 Å². The number of imidazole rings is 1. The third kappa shape index (κ3) is 2.43. The summed E-state index contributed by atoms with van der Waals surface area (Å²) in [5, 5.41) is 3.96. The van der Waals surface area contributed by atoms with Crippen molar-refractivity contribution in [2.24, 2.45) is 7.05 Å². The van der Waals surface area contributed by atoms with Gasteiger partial charge >= 0.3 is 0 Å². The lowest BCUT2D eigenvalue weighted by Crippen LogP contribution is -2.28. The molecule has 2 aromatic heterocycles. The molecule has 0 aliphatic carbocycles. The molecule has 5 nitrogen and oxygen atoms in total. The summed E-state index contributed by atoms with van der Waals surface area (Å²) in [5.74, 6) is -0.132. The van der Waals surface area contributed by atoms with Crippen LogP contribution in [0, 0.1) is 13.8 Å². The molecule has 0 aliphatic rings. The van der Waals surface area contributed by atoms with E-state index in [4.69, 9.17) is 0 Å². The van der Waals surface area contributed by atoms with Crippen LogP contribution in [0.4, 0.5) is 0 Å². The number of nitrogens with one attached hydrogen (secondary N) is 1. The van der Waals surface area contributed by atoms with Crippen LogP contribution in [0.2, 0.25) is 0 Å². The van der Waals surface area contributed by atoms with Gasteiger partial charge in [0, 0.05) is 11.9 Å². The summed E-state index contributed by atoms with van der Waals surface area (Å²) < 4.78 is 1.70. The summed E-state index contributed by atoms with van der Waals surface area (Å²) in [4.78, 5) is 21.6. The first kappa shape index (κ1) is 12.8. The largest absolute Gasteiger partial charge is 0.343 e. The zero-order valence-electron chi connectivity index (χ0n) is 10.9. The first-order chi connectivity index (χ1) is 8.49. The lowest BCUT2D eigenvalue weighted by Gasteiger charge is -2.12. The van der Waals surface area contributed by atoms with Gasteiger partial charge in [0.1, 0.15) is 5.69 Å². The van der Waals surface area contributed by atoms with E-state index < -0.39 is 0 Å². The Labute approximate surface area is 110 Å². The van der Waals surface area contributed by atoms with Crippen LogP contribution in [-0.2, 0) is 7.05 Å². The van der Waals surface area contributed by atoms with E-state index >= 15 is 0 Å². The molecule has 0 bridgehead atoms. The fraction of sp³-hybridized carbons (Fsp3) is 0.417. The summed E-state index contributed by atoms with van der Waals surface area (Å²) >= 11 is 1.65. The Hall–Kier alpha value is -1.69. The molecule has 2 heterocycles. The highest BCUT2D eigenvalue weighted by Crippen LogP contribution is 2.22. The highest BCUT2D eigenvalue weighted by molar-refractivity contribution is 7.11. The average molecular weight is 264 g/mol. The molecule has 1 amide bonds. The number of thiazole rings is 1. The van der Waals surface area contributed by atoms with Gasteiger partial charge in [-0.05, 0) is 20.8 Å². The smallest absolute Gasteiger partial charge is 0.270 e. The Kier molecular flexibility index (Phi) is 3.47. The highest BCUT2D eigenvalue weighted by Gasteiger charge is 2.17. The second-order valence-electron chi connectivity index (χ2n) is 4.26. The van der Waals surface area contributed by atoms with E-state index in [0.29, 0.717) is 5.69 Å². The Bertz CT molecular complexity index is 572. The second kappa shape index (κ2) is 4.89. The molecule has 1 atom stereocenters. The number of nitrogens with zero attached hydrogens (tertiary/aromatic N) is 3. The van der Waals surface area contributed by atoms with Crippen molar-refractivity contribution in [1.82, 2.24) is 19.9 Å². The van der Waals surface area contributed by atoms with Crippen LogP contribution in [0.5, 0.6) is 0 Å². The third-order valence-electron chi connectivity index (χ3n) is 2.75. The number of hydrogen-bond donors (Lipinski definition) is 1. The maximum Gasteiger partial charge on any atom is 0.270 e. The van der Waals surface area contributed by atoms with Crippen molar-refractivity contribution in [3.63, 3.8) is 0 Å². The molecule has 0 saturated heterocycles. The molecule has 1 N–H and O–H groups in total. The van der Waals surface area contributed by atoms with Gasteiger partial charge in [-0.1, -0.05) is 0 Å². The maximum absolute atomic E-state index is 12.0. The van der Waals surface area contributed by atoms with Gasteiger partial charge in [-0.2, -0.15) is 0 Å². The predicted octanol–water partition coefficient (Wildman–Crippen LogP) is 1.98. The van der Waals surface area contributed by atoms with Crippen molar-refractivity contribution in [3.05, 3.63) is 33.8 Å². The molecule has 18 heavy (non-hydrogen) atoms.